The minimum absolute atomic E-state index is 0.288. The van der Waals surface area contributed by atoms with Gasteiger partial charge in [-0.3, -0.25) is 0 Å². The molecule has 1 heterocycles. The van der Waals surface area contributed by atoms with E-state index in [0.29, 0.717) is 25.9 Å². The predicted molar refractivity (Wildman–Crippen MR) is 103 cm³/mol. The first kappa shape index (κ1) is 19.8. The number of aromatic amines is 1. The number of rotatable bonds is 6. The number of amides is 2. The van der Waals surface area contributed by atoms with Gasteiger partial charge in [-0.05, 0) is 49.1 Å². The molecule has 0 spiro atoms. The van der Waals surface area contributed by atoms with Crippen molar-refractivity contribution in [2.75, 3.05) is 13.1 Å². The molecule has 3 rings (SSSR count). The zero-order chi connectivity index (χ0) is 20.1. The van der Waals surface area contributed by atoms with Gasteiger partial charge in [0.25, 0.3) is 0 Å². The minimum Gasteiger partial charge on any atom is -0.358 e. The highest BCUT2D eigenvalue weighted by Crippen LogP contribution is 2.29. The van der Waals surface area contributed by atoms with E-state index in [1.165, 1.54) is 17.7 Å². The summed E-state index contributed by atoms with van der Waals surface area (Å²) >= 11 is 0. The van der Waals surface area contributed by atoms with Crippen LogP contribution in [0.25, 0.3) is 10.9 Å². The number of H-pyrrole nitrogens is 1. The standard InChI is InChI=1S/C21H22F3N3O/c1-14-17(18-4-2-3-5-19(18)27-14)11-13-26-20(28)25-12-10-15-6-8-16(9-7-15)21(22,23)24/h2-9,27H,10-13H2,1H3,(H2,25,26,28). The van der Waals surface area contributed by atoms with Gasteiger partial charge in [0.2, 0.25) is 0 Å². The fraction of sp³-hybridized carbons (Fsp3) is 0.286. The van der Waals surface area contributed by atoms with Crippen LogP contribution >= 0.6 is 0 Å². The highest BCUT2D eigenvalue weighted by Gasteiger charge is 2.29. The second-order valence-corrected chi connectivity index (χ2v) is 6.65. The molecular weight excluding hydrogens is 367 g/mol. The average molecular weight is 389 g/mol. The van der Waals surface area contributed by atoms with Crippen molar-refractivity contribution in [1.29, 1.82) is 0 Å². The van der Waals surface area contributed by atoms with Crippen molar-refractivity contribution < 1.29 is 18.0 Å². The summed E-state index contributed by atoms with van der Waals surface area (Å²) in [4.78, 5) is 15.2. The Morgan fingerprint density at radius 1 is 0.964 bits per heavy atom. The van der Waals surface area contributed by atoms with Gasteiger partial charge in [-0.1, -0.05) is 30.3 Å². The fourth-order valence-electron chi connectivity index (χ4n) is 3.20. The van der Waals surface area contributed by atoms with Crippen molar-refractivity contribution >= 4 is 16.9 Å². The zero-order valence-electron chi connectivity index (χ0n) is 15.5. The Bertz CT molecular complexity index is 946. The Kier molecular flexibility index (Phi) is 5.92. The van der Waals surface area contributed by atoms with Gasteiger partial charge in [-0.2, -0.15) is 13.2 Å². The Labute approximate surface area is 161 Å². The quantitative estimate of drug-likeness (QED) is 0.568. The maximum absolute atomic E-state index is 12.5. The molecular formula is C21H22F3N3O. The summed E-state index contributed by atoms with van der Waals surface area (Å²) in [5, 5.41) is 6.70. The van der Waals surface area contributed by atoms with Gasteiger partial charge >= 0.3 is 12.2 Å². The molecule has 0 radical (unpaired) electrons. The van der Waals surface area contributed by atoms with Crippen LogP contribution < -0.4 is 10.6 Å². The van der Waals surface area contributed by atoms with Gasteiger partial charge < -0.3 is 15.6 Å². The molecule has 0 aliphatic heterocycles. The van der Waals surface area contributed by atoms with E-state index in [4.69, 9.17) is 0 Å². The summed E-state index contributed by atoms with van der Waals surface area (Å²) in [7, 11) is 0. The molecule has 3 N–H and O–H groups in total. The van der Waals surface area contributed by atoms with Gasteiger partial charge in [0.15, 0.2) is 0 Å². The molecule has 0 aliphatic rings. The summed E-state index contributed by atoms with van der Waals surface area (Å²) in [6.07, 6.45) is -3.16. The second-order valence-electron chi connectivity index (χ2n) is 6.65. The number of urea groups is 1. The third-order valence-electron chi connectivity index (χ3n) is 4.67. The molecule has 2 aromatic carbocycles. The van der Waals surface area contributed by atoms with Crippen LogP contribution in [0, 0.1) is 6.92 Å². The lowest BCUT2D eigenvalue weighted by Crippen LogP contribution is -2.37. The highest BCUT2D eigenvalue weighted by atomic mass is 19.4. The van der Waals surface area contributed by atoms with Crippen molar-refractivity contribution in [3.05, 3.63) is 70.9 Å². The van der Waals surface area contributed by atoms with Crippen LogP contribution in [0.4, 0.5) is 18.0 Å². The van der Waals surface area contributed by atoms with Gasteiger partial charge in [0.1, 0.15) is 0 Å². The number of hydrogen-bond donors (Lipinski definition) is 3. The summed E-state index contributed by atoms with van der Waals surface area (Å²) in [5.41, 5.74) is 3.42. The van der Waals surface area contributed by atoms with Crippen LogP contribution in [-0.2, 0) is 19.0 Å². The minimum atomic E-state index is -4.33. The molecule has 28 heavy (non-hydrogen) atoms. The van der Waals surface area contributed by atoms with Crippen LogP contribution in [0.2, 0.25) is 0 Å². The number of carbonyl (C=O) groups excluding carboxylic acids is 1. The van der Waals surface area contributed by atoms with Crippen molar-refractivity contribution in [3.8, 4) is 0 Å². The molecule has 4 nitrogen and oxygen atoms in total. The van der Waals surface area contributed by atoms with E-state index in [0.717, 1.165) is 34.3 Å². The van der Waals surface area contributed by atoms with Crippen LogP contribution in [-0.4, -0.2) is 24.1 Å². The Morgan fingerprint density at radius 2 is 1.61 bits per heavy atom. The summed E-state index contributed by atoms with van der Waals surface area (Å²) in [6, 6.07) is 12.7. The molecule has 0 bridgehead atoms. The largest absolute Gasteiger partial charge is 0.416 e. The molecule has 0 aliphatic carbocycles. The average Bonchev–Trinajstić information content (AvgIpc) is 2.97. The Hall–Kier alpha value is -2.96. The fourth-order valence-corrected chi connectivity index (χ4v) is 3.20. The molecule has 3 aromatic rings. The molecule has 0 unspecified atom stereocenters. The van der Waals surface area contributed by atoms with Crippen molar-refractivity contribution in [2.45, 2.75) is 25.9 Å². The lowest BCUT2D eigenvalue weighted by Gasteiger charge is -2.09. The van der Waals surface area contributed by atoms with E-state index in [-0.39, 0.29) is 6.03 Å². The number of para-hydroxylation sites is 1. The molecule has 7 heteroatoms. The Morgan fingerprint density at radius 3 is 2.29 bits per heavy atom. The van der Waals surface area contributed by atoms with Crippen molar-refractivity contribution in [2.24, 2.45) is 0 Å². The number of nitrogens with one attached hydrogen (secondary N) is 3. The van der Waals surface area contributed by atoms with E-state index in [9.17, 15) is 18.0 Å². The molecule has 0 saturated carbocycles. The first-order chi connectivity index (χ1) is 13.3. The third kappa shape index (κ3) is 4.85. The zero-order valence-corrected chi connectivity index (χ0v) is 15.5. The lowest BCUT2D eigenvalue weighted by atomic mass is 10.1. The molecule has 0 fully saturated rings. The smallest absolute Gasteiger partial charge is 0.358 e. The second kappa shape index (κ2) is 8.37. The number of halogens is 3. The topological polar surface area (TPSA) is 56.9 Å². The van der Waals surface area contributed by atoms with Crippen molar-refractivity contribution in [1.82, 2.24) is 15.6 Å². The number of benzene rings is 2. The van der Waals surface area contributed by atoms with Crippen LogP contribution in [0.1, 0.15) is 22.4 Å². The summed E-state index contributed by atoms with van der Waals surface area (Å²) in [5.74, 6) is 0. The number of aromatic nitrogens is 1. The summed E-state index contributed by atoms with van der Waals surface area (Å²) < 4.78 is 37.6. The highest BCUT2D eigenvalue weighted by molar-refractivity contribution is 5.84. The maximum Gasteiger partial charge on any atom is 0.416 e. The van der Waals surface area contributed by atoms with E-state index in [1.54, 1.807) is 0 Å². The summed E-state index contributed by atoms with van der Waals surface area (Å²) in [6.45, 7) is 2.86. The van der Waals surface area contributed by atoms with Gasteiger partial charge in [0, 0.05) is 29.7 Å². The van der Waals surface area contributed by atoms with Crippen LogP contribution in [0.5, 0.6) is 0 Å². The number of hydrogen-bond acceptors (Lipinski definition) is 1. The Balaban J connectivity index is 1.42. The first-order valence-electron chi connectivity index (χ1n) is 9.08. The first-order valence-corrected chi connectivity index (χ1v) is 9.08. The maximum atomic E-state index is 12.5. The third-order valence-corrected chi connectivity index (χ3v) is 4.67. The van der Waals surface area contributed by atoms with E-state index in [2.05, 4.69) is 21.7 Å². The molecule has 148 valence electrons. The predicted octanol–water partition coefficient (Wildman–Crippen LogP) is 4.58. The molecule has 0 saturated heterocycles. The molecule has 1 aromatic heterocycles. The molecule has 0 atom stereocenters. The van der Waals surface area contributed by atoms with Crippen LogP contribution in [0.3, 0.4) is 0 Å². The lowest BCUT2D eigenvalue weighted by molar-refractivity contribution is -0.137. The monoisotopic (exact) mass is 389 g/mol. The number of aryl methyl sites for hydroxylation is 1. The van der Waals surface area contributed by atoms with Gasteiger partial charge in [0.05, 0.1) is 5.56 Å². The number of carbonyl (C=O) groups is 1. The SMILES string of the molecule is Cc1[nH]c2ccccc2c1CCNC(=O)NCCc1ccc(C(F)(F)F)cc1. The van der Waals surface area contributed by atoms with Gasteiger partial charge in [-0.15, -0.1) is 0 Å². The van der Waals surface area contributed by atoms with E-state index < -0.39 is 11.7 Å². The molecule has 2 amide bonds. The van der Waals surface area contributed by atoms with Gasteiger partial charge in [-0.25, -0.2) is 4.79 Å². The van der Waals surface area contributed by atoms with E-state index >= 15 is 0 Å². The number of alkyl halides is 3. The normalized spacial score (nSPS) is 11.6. The van der Waals surface area contributed by atoms with Crippen LogP contribution in [0.15, 0.2) is 48.5 Å². The number of fused-ring (bicyclic) bond motifs is 1. The van der Waals surface area contributed by atoms with Crippen molar-refractivity contribution in [3.63, 3.8) is 0 Å². The van der Waals surface area contributed by atoms with E-state index in [1.807, 2.05) is 25.1 Å².